The Morgan fingerprint density at radius 1 is 0.840 bits per heavy atom. The summed E-state index contributed by atoms with van der Waals surface area (Å²) >= 11 is 0. The van der Waals surface area contributed by atoms with Crippen molar-refractivity contribution in [3.05, 3.63) is 5.82 Å². The topological polar surface area (TPSA) is 50.1 Å². The molecule has 0 aromatic carbocycles. The molecule has 140 valence electrons. The third-order valence-electron chi connectivity index (χ3n) is 6.67. The molecule has 4 rings (SSSR count). The van der Waals surface area contributed by atoms with E-state index in [2.05, 4.69) is 43.9 Å². The Morgan fingerprint density at radius 2 is 1.44 bits per heavy atom. The summed E-state index contributed by atoms with van der Waals surface area (Å²) in [7, 11) is 0. The second-order valence-electron chi connectivity index (χ2n) is 8.62. The van der Waals surface area contributed by atoms with Crippen LogP contribution in [0.3, 0.4) is 0 Å². The van der Waals surface area contributed by atoms with Crippen LogP contribution in [0.25, 0.3) is 0 Å². The number of hydrogen-bond acceptors (Lipinski definition) is 5. The molecule has 1 saturated heterocycles. The van der Waals surface area contributed by atoms with Crippen molar-refractivity contribution in [1.82, 2.24) is 30.0 Å². The monoisotopic (exact) mass is 346 g/mol. The van der Waals surface area contributed by atoms with Crippen molar-refractivity contribution in [3.8, 4) is 0 Å². The van der Waals surface area contributed by atoms with E-state index in [4.69, 9.17) is 0 Å². The van der Waals surface area contributed by atoms with Crippen LogP contribution < -0.4 is 0 Å². The van der Waals surface area contributed by atoms with Gasteiger partial charge in [0.25, 0.3) is 0 Å². The summed E-state index contributed by atoms with van der Waals surface area (Å²) in [5.41, 5.74) is 0. The van der Waals surface area contributed by atoms with Crippen LogP contribution in [0, 0.1) is 5.92 Å². The summed E-state index contributed by atoms with van der Waals surface area (Å²) in [5.74, 6) is 1.64. The Labute approximate surface area is 151 Å². The molecular formula is C19H34N6. The first kappa shape index (κ1) is 17.4. The average Bonchev–Trinajstić information content (AvgIpc) is 3.37. The van der Waals surface area contributed by atoms with E-state index in [1.165, 1.54) is 64.5 Å². The molecule has 0 spiro atoms. The van der Waals surface area contributed by atoms with Gasteiger partial charge in [-0.1, -0.05) is 39.5 Å². The smallest absolute Gasteiger partial charge is 0.168 e. The molecule has 1 atom stereocenters. The van der Waals surface area contributed by atoms with Gasteiger partial charge in [0.1, 0.15) is 0 Å². The molecule has 0 amide bonds. The highest BCUT2D eigenvalue weighted by molar-refractivity contribution is 4.99. The van der Waals surface area contributed by atoms with E-state index in [1.807, 2.05) is 0 Å². The van der Waals surface area contributed by atoms with Gasteiger partial charge in [0.2, 0.25) is 0 Å². The predicted molar refractivity (Wildman–Crippen MR) is 98.3 cm³/mol. The zero-order valence-electron chi connectivity index (χ0n) is 16.0. The molecule has 3 aliphatic rings. The summed E-state index contributed by atoms with van der Waals surface area (Å²) < 4.78 is 2.17. The molecule has 2 heterocycles. The summed E-state index contributed by atoms with van der Waals surface area (Å²) in [4.78, 5) is 5.38. The van der Waals surface area contributed by atoms with Crippen LogP contribution in [0.5, 0.6) is 0 Å². The van der Waals surface area contributed by atoms with Crippen molar-refractivity contribution in [2.24, 2.45) is 5.92 Å². The summed E-state index contributed by atoms with van der Waals surface area (Å²) in [5, 5.41) is 13.0. The Morgan fingerprint density at radius 3 is 2.04 bits per heavy atom. The average molecular weight is 347 g/mol. The van der Waals surface area contributed by atoms with Crippen LogP contribution >= 0.6 is 0 Å². The van der Waals surface area contributed by atoms with E-state index in [1.54, 1.807) is 0 Å². The largest absolute Gasteiger partial charge is 0.298 e. The van der Waals surface area contributed by atoms with Gasteiger partial charge >= 0.3 is 0 Å². The lowest BCUT2D eigenvalue weighted by Gasteiger charge is -2.42. The molecule has 6 heteroatoms. The van der Waals surface area contributed by atoms with Crippen molar-refractivity contribution in [2.45, 2.75) is 83.3 Å². The maximum absolute atomic E-state index is 4.50. The zero-order chi connectivity index (χ0) is 17.2. The van der Waals surface area contributed by atoms with Crippen molar-refractivity contribution in [1.29, 1.82) is 0 Å². The summed E-state index contributed by atoms with van der Waals surface area (Å²) in [6.07, 6.45) is 10.8. The van der Waals surface area contributed by atoms with Crippen LogP contribution in [0.4, 0.5) is 0 Å². The Balaban J connectivity index is 1.46. The molecule has 1 aliphatic heterocycles. The van der Waals surface area contributed by atoms with E-state index in [-0.39, 0.29) is 0 Å². The van der Waals surface area contributed by atoms with E-state index in [0.29, 0.717) is 18.0 Å². The highest BCUT2D eigenvalue weighted by Gasteiger charge is 2.35. The molecule has 2 aliphatic carbocycles. The summed E-state index contributed by atoms with van der Waals surface area (Å²) in [6, 6.07) is 1.72. The molecule has 0 unspecified atom stereocenters. The molecule has 25 heavy (non-hydrogen) atoms. The number of nitrogens with zero attached hydrogens (tertiary/aromatic N) is 6. The van der Waals surface area contributed by atoms with E-state index in [9.17, 15) is 0 Å². The lowest BCUT2D eigenvalue weighted by molar-refractivity contribution is 0.0492. The molecule has 1 aromatic rings. The first-order chi connectivity index (χ1) is 12.2. The number of rotatable bonds is 5. The highest BCUT2D eigenvalue weighted by Crippen LogP contribution is 2.34. The predicted octanol–water partition coefficient (Wildman–Crippen LogP) is 3.05. The standard InChI is InChI=1S/C19H34N6/c1-15(2)18(19-20-21-22-25(19)17-9-5-6-10-17)24-13-11-23(12-14-24)16-7-3-4-8-16/h15-18H,3-14H2,1-2H3/t18-/m1/s1. The second-order valence-corrected chi connectivity index (χ2v) is 8.62. The van der Waals surface area contributed by atoms with Crippen LogP contribution in [0.2, 0.25) is 0 Å². The zero-order valence-corrected chi connectivity index (χ0v) is 16.0. The molecule has 0 bridgehead atoms. The first-order valence-corrected chi connectivity index (χ1v) is 10.5. The van der Waals surface area contributed by atoms with Gasteiger partial charge in [0.15, 0.2) is 5.82 Å². The number of tetrazole rings is 1. The molecule has 0 N–H and O–H groups in total. The van der Waals surface area contributed by atoms with E-state index < -0.39 is 0 Å². The van der Waals surface area contributed by atoms with Crippen LogP contribution in [0.15, 0.2) is 0 Å². The molecular weight excluding hydrogens is 312 g/mol. The maximum atomic E-state index is 4.50. The van der Waals surface area contributed by atoms with Crippen LogP contribution in [-0.4, -0.2) is 62.2 Å². The van der Waals surface area contributed by atoms with Gasteiger partial charge in [-0.15, -0.1) is 5.10 Å². The first-order valence-electron chi connectivity index (χ1n) is 10.5. The SMILES string of the molecule is CC(C)[C@H](c1nnnn1C1CCCC1)N1CCN(C2CCCC2)CC1. The van der Waals surface area contributed by atoms with Crippen molar-refractivity contribution < 1.29 is 0 Å². The minimum atomic E-state index is 0.348. The minimum Gasteiger partial charge on any atom is -0.298 e. The third-order valence-corrected chi connectivity index (χ3v) is 6.67. The third kappa shape index (κ3) is 3.61. The van der Waals surface area contributed by atoms with Gasteiger partial charge < -0.3 is 0 Å². The number of aromatic nitrogens is 4. The second kappa shape index (κ2) is 7.70. The molecule has 6 nitrogen and oxygen atoms in total. The quantitative estimate of drug-likeness (QED) is 0.820. The lowest BCUT2D eigenvalue weighted by atomic mass is 10.00. The van der Waals surface area contributed by atoms with Gasteiger partial charge in [0, 0.05) is 32.2 Å². The van der Waals surface area contributed by atoms with Gasteiger partial charge in [-0.2, -0.15) is 0 Å². The fourth-order valence-corrected chi connectivity index (χ4v) is 5.34. The molecule has 3 fully saturated rings. The Hall–Kier alpha value is -1.01. The van der Waals surface area contributed by atoms with E-state index >= 15 is 0 Å². The highest BCUT2D eigenvalue weighted by atomic mass is 15.6. The fraction of sp³-hybridized carbons (Fsp3) is 0.947. The summed E-state index contributed by atoms with van der Waals surface area (Å²) in [6.45, 7) is 9.36. The normalized spacial score (nSPS) is 26.0. The number of piperazine rings is 1. The molecule has 2 saturated carbocycles. The fourth-order valence-electron chi connectivity index (χ4n) is 5.34. The van der Waals surface area contributed by atoms with Gasteiger partial charge in [0.05, 0.1) is 12.1 Å². The van der Waals surface area contributed by atoms with E-state index in [0.717, 1.165) is 25.0 Å². The minimum absolute atomic E-state index is 0.348. The molecule has 0 radical (unpaired) electrons. The van der Waals surface area contributed by atoms with Crippen LogP contribution in [0.1, 0.15) is 83.1 Å². The van der Waals surface area contributed by atoms with Crippen LogP contribution in [-0.2, 0) is 0 Å². The van der Waals surface area contributed by atoms with Gasteiger partial charge in [-0.25, -0.2) is 4.68 Å². The van der Waals surface area contributed by atoms with Gasteiger partial charge in [-0.3, -0.25) is 9.80 Å². The van der Waals surface area contributed by atoms with Crippen molar-refractivity contribution >= 4 is 0 Å². The van der Waals surface area contributed by atoms with Crippen molar-refractivity contribution in [3.63, 3.8) is 0 Å². The Bertz CT molecular complexity index is 536. The van der Waals surface area contributed by atoms with Crippen molar-refractivity contribution in [2.75, 3.05) is 26.2 Å². The maximum Gasteiger partial charge on any atom is 0.168 e. The molecule has 1 aromatic heterocycles. The lowest BCUT2D eigenvalue weighted by Crippen LogP contribution is -2.51. The Kier molecular flexibility index (Phi) is 5.36. The van der Waals surface area contributed by atoms with Gasteiger partial charge in [-0.05, 0) is 42.0 Å². The number of hydrogen-bond donors (Lipinski definition) is 0.